The number of hydrogen-bond acceptors (Lipinski definition) is 2. The maximum atomic E-state index is 11.9. The minimum Gasteiger partial charge on any atom is -0.435 e. The lowest BCUT2D eigenvalue weighted by molar-refractivity contribution is -0.138. The van der Waals surface area contributed by atoms with Crippen molar-refractivity contribution in [3.05, 3.63) is 29.8 Å². The van der Waals surface area contributed by atoms with Crippen LogP contribution in [0.4, 0.5) is 22.0 Å². The molecule has 0 unspecified atom stereocenters. The van der Waals surface area contributed by atoms with Crippen molar-refractivity contribution in [3.8, 4) is 5.75 Å². The Morgan fingerprint density at radius 2 is 1.79 bits per heavy atom. The Bertz CT molecular complexity index is 416. The molecule has 0 bridgehead atoms. The summed E-state index contributed by atoms with van der Waals surface area (Å²) in [5, 5.41) is 1.70. The average Bonchev–Trinajstić information content (AvgIpc) is 2.28. The van der Waals surface area contributed by atoms with Crippen molar-refractivity contribution in [2.75, 3.05) is 6.54 Å². The Hall–Kier alpha value is -1.86. The molecule has 1 rings (SSSR count). The van der Waals surface area contributed by atoms with Gasteiger partial charge in [-0.1, -0.05) is 12.1 Å². The summed E-state index contributed by atoms with van der Waals surface area (Å²) >= 11 is 0. The lowest BCUT2D eigenvalue weighted by Gasteiger charge is -2.09. The number of nitrogens with one attached hydrogen (secondary N) is 1. The maximum Gasteiger partial charge on any atom is 0.405 e. The first-order valence-electron chi connectivity index (χ1n) is 5.13. The molecule has 0 aliphatic heterocycles. The Labute approximate surface area is 105 Å². The molecule has 106 valence electrons. The molecule has 0 spiro atoms. The van der Waals surface area contributed by atoms with E-state index in [1.54, 1.807) is 5.32 Å². The summed E-state index contributed by atoms with van der Waals surface area (Å²) in [5.74, 6) is -0.894. The third kappa shape index (κ3) is 6.58. The fraction of sp³-hybridized carbons (Fsp3) is 0.364. The first kappa shape index (κ1) is 15.2. The molecule has 0 heterocycles. The second-order valence-electron chi connectivity index (χ2n) is 3.59. The van der Waals surface area contributed by atoms with E-state index in [-0.39, 0.29) is 12.2 Å². The van der Waals surface area contributed by atoms with Crippen LogP contribution < -0.4 is 10.1 Å². The summed E-state index contributed by atoms with van der Waals surface area (Å²) in [7, 11) is 0. The number of amides is 1. The van der Waals surface area contributed by atoms with Gasteiger partial charge in [0.2, 0.25) is 5.91 Å². The van der Waals surface area contributed by atoms with Crippen LogP contribution in [0.15, 0.2) is 24.3 Å². The van der Waals surface area contributed by atoms with Gasteiger partial charge in [-0.2, -0.15) is 22.0 Å². The van der Waals surface area contributed by atoms with E-state index in [0.717, 1.165) is 0 Å². The first-order chi connectivity index (χ1) is 8.76. The van der Waals surface area contributed by atoms with Crippen LogP contribution in [0.1, 0.15) is 5.56 Å². The molecule has 1 amide bonds. The number of benzene rings is 1. The molecule has 0 aliphatic carbocycles. The van der Waals surface area contributed by atoms with Gasteiger partial charge in [-0.15, -0.1) is 0 Å². The Balaban J connectivity index is 2.47. The third-order valence-corrected chi connectivity index (χ3v) is 2.00. The molecule has 0 saturated heterocycles. The number of carbonyl (C=O) groups excluding carboxylic acids is 1. The van der Waals surface area contributed by atoms with E-state index < -0.39 is 25.2 Å². The molecule has 1 N–H and O–H groups in total. The van der Waals surface area contributed by atoms with Crippen LogP contribution in [-0.2, 0) is 11.2 Å². The summed E-state index contributed by atoms with van der Waals surface area (Å²) in [5.41, 5.74) is 0.390. The van der Waals surface area contributed by atoms with Crippen LogP contribution in [0.5, 0.6) is 5.75 Å². The number of halogens is 5. The summed E-state index contributed by atoms with van der Waals surface area (Å²) in [4.78, 5) is 11.2. The second-order valence-corrected chi connectivity index (χ2v) is 3.59. The molecule has 19 heavy (non-hydrogen) atoms. The average molecular weight is 283 g/mol. The van der Waals surface area contributed by atoms with E-state index in [4.69, 9.17) is 0 Å². The standard InChI is InChI=1S/C11H10F5NO2/c12-10(13)19-8-3-1-7(2-4-8)5-9(18)17-6-11(14,15)16/h1-4,10H,5-6H2,(H,17,18). The molecule has 0 atom stereocenters. The topological polar surface area (TPSA) is 38.3 Å². The molecule has 0 radical (unpaired) electrons. The van der Waals surface area contributed by atoms with Gasteiger partial charge in [0, 0.05) is 0 Å². The molecule has 1 aromatic rings. The predicted octanol–water partition coefficient (Wildman–Crippen LogP) is 2.51. The van der Waals surface area contributed by atoms with Gasteiger partial charge in [-0.05, 0) is 17.7 Å². The van der Waals surface area contributed by atoms with Crippen molar-refractivity contribution in [1.29, 1.82) is 0 Å². The zero-order valence-electron chi connectivity index (χ0n) is 9.51. The predicted molar refractivity (Wildman–Crippen MR) is 55.8 cm³/mol. The van der Waals surface area contributed by atoms with Crippen molar-refractivity contribution in [2.24, 2.45) is 0 Å². The minimum absolute atomic E-state index is 0.0885. The Morgan fingerprint density at radius 3 is 2.26 bits per heavy atom. The quantitative estimate of drug-likeness (QED) is 0.843. The maximum absolute atomic E-state index is 11.9. The number of carbonyl (C=O) groups is 1. The fourth-order valence-electron chi connectivity index (χ4n) is 1.24. The van der Waals surface area contributed by atoms with Crippen molar-refractivity contribution < 1.29 is 31.5 Å². The highest BCUT2D eigenvalue weighted by Crippen LogP contribution is 2.15. The van der Waals surface area contributed by atoms with Crippen molar-refractivity contribution in [1.82, 2.24) is 5.32 Å². The summed E-state index contributed by atoms with van der Waals surface area (Å²) in [6.07, 6.45) is -4.74. The smallest absolute Gasteiger partial charge is 0.405 e. The molecule has 8 heteroatoms. The lowest BCUT2D eigenvalue weighted by Crippen LogP contribution is -2.34. The van der Waals surface area contributed by atoms with Gasteiger partial charge in [0.25, 0.3) is 0 Å². The highest BCUT2D eigenvalue weighted by Gasteiger charge is 2.27. The van der Waals surface area contributed by atoms with E-state index in [9.17, 15) is 26.7 Å². The lowest BCUT2D eigenvalue weighted by atomic mass is 10.1. The highest BCUT2D eigenvalue weighted by molar-refractivity contribution is 5.78. The van der Waals surface area contributed by atoms with Gasteiger partial charge < -0.3 is 10.1 Å². The fourth-order valence-corrected chi connectivity index (χ4v) is 1.24. The molecule has 0 aromatic heterocycles. The Morgan fingerprint density at radius 1 is 1.21 bits per heavy atom. The van der Waals surface area contributed by atoms with E-state index in [2.05, 4.69) is 4.74 Å². The number of alkyl halides is 5. The zero-order valence-corrected chi connectivity index (χ0v) is 9.51. The van der Waals surface area contributed by atoms with Crippen LogP contribution in [0, 0.1) is 0 Å². The number of rotatable bonds is 5. The van der Waals surface area contributed by atoms with Crippen LogP contribution in [0.3, 0.4) is 0 Å². The number of ether oxygens (including phenoxy) is 1. The van der Waals surface area contributed by atoms with Crippen LogP contribution in [-0.4, -0.2) is 25.2 Å². The monoisotopic (exact) mass is 283 g/mol. The minimum atomic E-state index is -4.47. The van der Waals surface area contributed by atoms with E-state index in [0.29, 0.717) is 5.56 Å². The van der Waals surface area contributed by atoms with Crippen molar-refractivity contribution >= 4 is 5.91 Å². The third-order valence-electron chi connectivity index (χ3n) is 2.00. The van der Waals surface area contributed by atoms with Crippen LogP contribution in [0.25, 0.3) is 0 Å². The van der Waals surface area contributed by atoms with E-state index >= 15 is 0 Å². The molecule has 0 fully saturated rings. The van der Waals surface area contributed by atoms with Crippen molar-refractivity contribution in [3.63, 3.8) is 0 Å². The largest absolute Gasteiger partial charge is 0.435 e. The Kier molecular flexibility index (Phi) is 5.08. The molecular weight excluding hydrogens is 273 g/mol. The molecule has 0 aliphatic rings. The molecular formula is C11H10F5NO2. The normalized spacial score (nSPS) is 11.5. The van der Waals surface area contributed by atoms with Gasteiger partial charge in [0.05, 0.1) is 6.42 Å². The summed E-state index contributed by atoms with van der Waals surface area (Å²) in [6, 6.07) is 5.06. The van der Waals surface area contributed by atoms with Crippen LogP contribution in [0.2, 0.25) is 0 Å². The SMILES string of the molecule is O=C(Cc1ccc(OC(F)F)cc1)NCC(F)(F)F. The van der Waals surface area contributed by atoms with Crippen LogP contribution >= 0.6 is 0 Å². The summed E-state index contributed by atoms with van der Waals surface area (Å²) in [6.45, 7) is -4.36. The zero-order chi connectivity index (χ0) is 14.5. The molecule has 0 saturated carbocycles. The van der Waals surface area contributed by atoms with Gasteiger partial charge >= 0.3 is 12.8 Å². The molecule has 3 nitrogen and oxygen atoms in total. The van der Waals surface area contributed by atoms with E-state index in [1.807, 2.05) is 0 Å². The summed E-state index contributed by atoms with van der Waals surface area (Å²) < 4.78 is 63.3. The highest BCUT2D eigenvalue weighted by atomic mass is 19.4. The molecule has 1 aromatic carbocycles. The van der Waals surface area contributed by atoms with Gasteiger partial charge in [0.15, 0.2) is 0 Å². The first-order valence-corrected chi connectivity index (χ1v) is 5.13. The van der Waals surface area contributed by atoms with Gasteiger partial charge in [-0.25, -0.2) is 0 Å². The van der Waals surface area contributed by atoms with Gasteiger partial charge in [0.1, 0.15) is 12.3 Å². The van der Waals surface area contributed by atoms with Crippen molar-refractivity contribution in [2.45, 2.75) is 19.2 Å². The van der Waals surface area contributed by atoms with E-state index in [1.165, 1.54) is 24.3 Å². The van der Waals surface area contributed by atoms with Gasteiger partial charge in [-0.3, -0.25) is 4.79 Å². The number of hydrogen-bond donors (Lipinski definition) is 1. The second kappa shape index (κ2) is 6.35.